The van der Waals surface area contributed by atoms with Crippen molar-refractivity contribution < 1.29 is 26.7 Å². The molecule has 1 amide bonds. The van der Waals surface area contributed by atoms with Gasteiger partial charge in [0.1, 0.15) is 23.5 Å². The number of rotatable bonds is 7. The molecule has 4 rings (SSSR count). The lowest BCUT2D eigenvalue weighted by Crippen LogP contribution is -2.40. The SMILES string of the molecule is CS(=O)(=O)NC(=O)c1cc(C2CC2)c(O[C@@H]2CCCN(Cc3ccc(F)cc3Cl)C2)cc1F. The Balaban J connectivity index is 1.49. The molecule has 0 spiro atoms. The maximum absolute atomic E-state index is 14.7. The summed E-state index contributed by atoms with van der Waals surface area (Å²) in [6, 6.07) is 6.93. The molecule has 1 N–H and O–H groups in total. The summed E-state index contributed by atoms with van der Waals surface area (Å²) in [5, 5.41) is 0.374. The molecule has 0 unspecified atom stereocenters. The van der Waals surface area contributed by atoms with Crippen LogP contribution in [0.25, 0.3) is 0 Å². The van der Waals surface area contributed by atoms with Gasteiger partial charge in [-0.25, -0.2) is 21.9 Å². The molecule has 1 heterocycles. The van der Waals surface area contributed by atoms with E-state index in [0.29, 0.717) is 29.4 Å². The Morgan fingerprint density at radius 2 is 1.97 bits per heavy atom. The molecule has 0 bridgehead atoms. The third-order valence-electron chi connectivity index (χ3n) is 5.80. The van der Waals surface area contributed by atoms with Crippen molar-refractivity contribution in [3.63, 3.8) is 0 Å². The number of amides is 1. The van der Waals surface area contributed by atoms with Gasteiger partial charge in [-0.15, -0.1) is 0 Å². The van der Waals surface area contributed by atoms with Crippen LogP contribution >= 0.6 is 11.6 Å². The van der Waals surface area contributed by atoms with E-state index in [2.05, 4.69) is 4.90 Å². The lowest BCUT2D eigenvalue weighted by molar-refractivity contribution is 0.0832. The van der Waals surface area contributed by atoms with E-state index in [1.807, 2.05) is 4.72 Å². The van der Waals surface area contributed by atoms with Gasteiger partial charge in [-0.05, 0) is 67.5 Å². The molecule has 33 heavy (non-hydrogen) atoms. The molecule has 2 aromatic carbocycles. The largest absolute Gasteiger partial charge is 0.489 e. The standard InChI is InChI=1S/C23H25ClF2N2O4S/c1-33(30,31)27-23(29)19-10-18(14-4-5-14)22(11-21(19)26)32-17-3-2-8-28(13-17)12-15-6-7-16(25)9-20(15)24/h6-7,9-11,14,17H,2-5,8,12-13H2,1H3,(H,27,29)/t17-/m1/s1. The first-order valence-electron chi connectivity index (χ1n) is 10.8. The molecule has 1 saturated carbocycles. The Morgan fingerprint density at radius 3 is 2.64 bits per heavy atom. The first-order valence-corrected chi connectivity index (χ1v) is 13.0. The fourth-order valence-electron chi connectivity index (χ4n) is 4.11. The van der Waals surface area contributed by atoms with Gasteiger partial charge in [-0.3, -0.25) is 9.69 Å². The first-order chi connectivity index (χ1) is 15.6. The number of ether oxygens (including phenoxy) is 1. The number of carbonyl (C=O) groups excluding carboxylic acids is 1. The highest BCUT2D eigenvalue weighted by Gasteiger charge is 2.31. The Morgan fingerprint density at radius 1 is 1.21 bits per heavy atom. The maximum atomic E-state index is 14.7. The monoisotopic (exact) mass is 498 g/mol. The van der Waals surface area contributed by atoms with Gasteiger partial charge in [0, 0.05) is 24.2 Å². The van der Waals surface area contributed by atoms with Crippen LogP contribution in [-0.4, -0.2) is 44.7 Å². The van der Waals surface area contributed by atoms with Gasteiger partial charge >= 0.3 is 0 Å². The van der Waals surface area contributed by atoms with Gasteiger partial charge in [0.25, 0.3) is 5.91 Å². The van der Waals surface area contributed by atoms with Crippen molar-refractivity contribution in [3.05, 3.63) is 63.7 Å². The Hall–Kier alpha value is -2.23. The number of nitrogens with zero attached hydrogens (tertiary/aromatic N) is 1. The number of hydrogen-bond acceptors (Lipinski definition) is 5. The lowest BCUT2D eigenvalue weighted by Gasteiger charge is -2.33. The highest BCUT2D eigenvalue weighted by Crippen LogP contribution is 2.45. The molecule has 178 valence electrons. The molecule has 10 heteroatoms. The summed E-state index contributed by atoms with van der Waals surface area (Å²) in [4.78, 5) is 14.4. The van der Waals surface area contributed by atoms with Crippen molar-refractivity contribution >= 4 is 27.5 Å². The predicted molar refractivity (Wildman–Crippen MR) is 121 cm³/mol. The molecule has 1 saturated heterocycles. The van der Waals surface area contributed by atoms with E-state index in [-0.39, 0.29) is 23.4 Å². The summed E-state index contributed by atoms with van der Waals surface area (Å²) in [5.74, 6) is -1.67. The summed E-state index contributed by atoms with van der Waals surface area (Å²) >= 11 is 6.17. The molecule has 0 radical (unpaired) electrons. The van der Waals surface area contributed by atoms with Crippen LogP contribution in [0.4, 0.5) is 8.78 Å². The van der Waals surface area contributed by atoms with E-state index in [0.717, 1.165) is 44.0 Å². The second kappa shape index (κ2) is 9.56. The highest BCUT2D eigenvalue weighted by atomic mass is 35.5. The third-order valence-corrected chi connectivity index (χ3v) is 6.71. The van der Waals surface area contributed by atoms with E-state index >= 15 is 0 Å². The Bertz CT molecular complexity index is 1170. The van der Waals surface area contributed by atoms with Crippen LogP contribution in [0.2, 0.25) is 5.02 Å². The number of sulfonamides is 1. The summed E-state index contributed by atoms with van der Waals surface area (Å²) in [7, 11) is -3.81. The van der Waals surface area contributed by atoms with Crippen molar-refractivity contribution in [2.24, 2.45) is 0 Å². The number of carbonyl (C=O) groups is 1. The zero-order chi connectivity index (χ0) is 23.8. The average molecular weight is 499 g/mol. The van der Waals surface area contributed by atoms with Crippen LogP contribution in [0.3, 0.4) is 0 Å². The molecule has 6 nitrogen and oxygen atoms in total. The fraction of sp³-hybridized carbons (Fsp3) is 0.435. The smallest absolute Gasteiger partial charge is 0.267 e. The summed E-state index contributed by atoms with van der Waals surface area (Å²) in [6.07, 6.45) is 4.11. The molecule has 2 aliphatic rings. The summed E-state index contributed by atoms with van der Waals surface area (Å²) in [6.45, 7) is 1.98. The van der Waals surface area contributed by atoms with Gasteiger partial charge in [0.15, 0.2) is 0 Å². The molecule has 1 aliphatic heterocycles. The number of benzene rings is 2. The maximum Gasteiger partial charge on any atom is 0.267 e. The number of nitrogens with one attached hydrogen (secondary N) is 1. The van der Waals surface area contributed by atoms with Gasteiger partial charge in [-0.1, -0.05) is 17.7 Å². The Labute approximate surface area is 196 Å². The fourth-order valence-corrected chi connectivity index (χ4v) is 4.78. The van der Waals surface area contributed by atoms with Crippen molar-refractivity contribution in [1.82, 2.24) is 9.62 Å². The zero-order valence-electron chi connectivity index (χ0n) is 18.1. The number of likely N-dealkylation sites (tertiary alicyclic amines) is 1. The molecule has 2 aromatic rings. The normalized spacial score (nSPS) is 19.3. The topological polar surface area (TPSA) is 75.7 Å². The van der Waals surface area contributed by atoms with Crippen molar-refractivity contribution in [1.29, 1.82) is 0 Å². The molecule has 0 aromatic heterocycles. The average Bonchev–Trinajstić information content (AvgIpc) is 3.54. The first kappa shape index (κ1) is 23.9. The van der Waals surface area contributed by atoms with Crippen LogP contribution in [0, 0.1) is 11.6 Å². The second-order valence-electron chi connectivity index (χ2n) is 8.70. The van der Waals surface area contributed by atoms with Gasteiger partial charge < -0.3 is 4.74 Å². The zero-order valence-corrected chi connectivity index (χ0v) is 19.7. The molecule has 2 fully saturated rings. The van der Waals surface area contributed by atoms with Crippen LogP contribution in [-0.2, 0) is 16.6 Å². The van der Waals surface area contributed by atoms with E-state index < -0.39 is 21.7 Å². The Kier molecular flexibility index (Phi) is 6.93. The minimum Gasteiger partial charge on any atom is -0.489 e. The molecular formula is C23H25ClF2N2O4S. The van der Waals surface area contributed by atoms with Gasteiger partial charge in [0.05, 0.1) is 11.8 Å². The van der Waals surface area contributed by atoms with Gasteiger partial charge in [-0.2, -0.15) is 0 Å². The van der Waals surface area contributed by atoms with E-state index in [9.17, 15) is 22.0 Å². The highest BCUT2D eigenvalue weighted by molar-refractivity contribution is 7.89. The molecule has 1 atom stereocenters. The van der Waals surface area contributed by atoms with Gasteiger partial charge in [0.2, 0.25) is 10.0 Å². The molecular weight excluding hydrogens is 474 g/mol. The third kappa shape index (κ3) is 6.22. The summed E-state index contributed by atoms with van der Waals surface area (Å²) in [5.41, 5.74) is 1.23. The van der Waals surface area contributed by atoms with Crippen LogP contribution < -0.4 is 9.46 Å². The minimum atomic E-state index is -3.81. The van der Waals surface area contributed by atoms with Crippen molar-refractivity contribution in [3.8, 4) is 5.75 Å². The molecule has 1 aliphatic carbocycles. The lowest BCUT2D eigenvalue weighted by atomic mass is 10.0. The second-order valence-corrected chi connectivity index (χ2v) is 10.9. The van der Waals surface area contributed by atoms with Crippen molar-refractivity contribution in [2.45, 2.75) is 44.2 Å². The quantitative estimate of drug-likeness (QED) is 0.618. The summed E-state index contributed by atoms with van der Waals surface area (Å²) < 4.78 is 58.8. The van der Waals surface area contributed by atoms with E-state index in [1.54, 1.807) is 6.07 Å². The van der Waals surface area contributed by atoms with Crippen LogP contribution in [0.15, 0.2) is 30.3 Å². The predicted octanol–water partition coefficient (Wildman–Crippen LogP) is 4.23. The van der Waals surface area contributed by atoms with Crippen LogP contribution in [0.1, 0.15) is 53.1 Å². The number of piperidine rings is 1. The van der Waals surface area contributed by atoms with E-state index in [4.69, 9.17) is 16.3 Å². The number of hydrogen-bond donors (Lipinski definition) is 1. The van der Waals surface area contributed by atoms with E-state index in [1.165, 1.54) is 24.3 Å². The van der Waals surface area contributed by atoms with Crippen LogP contribution in [0.5, 0.6) is 5.75 Å². The number of halogens is 3. The van der Waals surface area contributed by atoms with Crippen molar-refractivity contribution in [2.75, 3.05) is 19.3 Å². The minimum absolute atomic E-state index is 0.156.